The normalized spacial score (nSPS) is 10.9. The van der Waals surface area contributed by atoms with Crippen LogP contribution in [0.15, 0.2) is 45.3 Å². The average Bonchev–Trinajstić information content (AvgIpc) is 2.49. The molecule has 2 aromatic carbocycles. The zero-order chi connectivity index (χ0) is 16.3. The van der Waals surface area contributed by atoms with Crippen molar-refractivity contribution in [2.45, 2.75) is 0 Å². The van der Waals surface area contributed by atoms with Crippen LogP contribution in [0.5, 0.6) is 5.75 Å². The molecule has 0 amide bonds. The van der Waals surface area contributed by atoms with Crippen LogP contribution in [-0.4, -0.2) is 38.5 Å². The van der Waals surface area contributed by atoms with Gasteiger partial charge in [0, 0.05) is 0 Å². The molecule has 2 rings (SSSR count). The third-order valence-electron chi connectivity index (χ3n) is 2.88. The van der Waals surface area contributed by atoms with E-state index >= 15 is 0 Å². The molecule has 1 N–H and O–H groups in total. The number of halogens is 2. The molecule has 0 saturated heterocycles. The van der Waals surface area contributed by atoms with Crippen molar-refractivity contribution in [3.8, 4) is 5.75 Å². The third-order valence-corrected chi connectivity index (χ3v) is 6.58. The van der Waals surface area contributed by atoms with E-state index in [1.54, 1.807) is 30.3 Å². The van der Waals surface area contributed by atoms with Crippen LogP contribution in [0.4, 0.5) is 0 Å². The Kier molecular flexibility index (Phi) is 5.84. The monoisotopic (exact) mass is 488 g/mol. The van der Waals surface area contributed by atoms with Gasteiger partial charge >= 0.3 is 151 Å². The number of ether oxygens (including phenoxy) is 1. The first-order valence-corrected chi connectivity index (χ1v) is 9.78. The molecule has 0 aliphatic carbocycles. The Balaban J connectivity index is 2.35. The van der Waals surface area contributed by atoms with Crippen LogP contribution in [0.2, 0.25) is 0 Å². The van der Waals surface area contributed by atoms with Crippen LogP contribution in [0.25, 0.3) is 0 Å². The number of carboxylic acid groups (broad SMARTS) is 1. The fourth-order valence-electron chi connectivity index (χ4n) is 1.80. The van der Waals surface area contributed by atoms with Crippen molar-refractivity contribution >= 4 is 62.5 Å². The quantitative estimate of drug-likeness (QED) is 0.656. The molecule has 1 unspecified atom stereocenters. The maximum atomic E-state index is 12.5. The molecule has 0 heterocycles. The van der Waals surface area contributed by atoms with Gasteiger partial charge in [-0.3, -0.25) is 0 Å². The molecule has 0 aliphatic rings. The maximum absolute atomic E-state index is 12.5. The van der Waals surface area contributed by atoms with Gasteiger partial charge in [-0.15, -0.1) is 0 Å². The second kappa shape index (κ2) is 7.44. The van der Waals surface area contributed by atoms with Crippen LogP contribution < -0.4 is 9.09 Å². The van der Waals surface area contributed by atoms with E-state index in [-0.39, 0.29) is 10.1 Å². The Morgan fingerprint density at radius 3 is 2.45 bits per heavy atom. The van der Waals surface area contributed by atoms with Crippen LogP contribution in [0.1, 0.15) is 20.7 Å². The number of hydrogen-bond acceptors (Lipinski definition) is 3. The van der Waals surface area contributed by atoms with Gasteiger partial charge in [-0.05, 0) is 0 Å². The van der Waals surface area contributed by atoms with Gasteiger partial charge in [0.25, 0.3) is 0 Å². The van der Waals surface area contributed by atoms with Gasteiger partial charge in [-0.1, -0.05) is 0 Å². The minimum absolute atomic E-state index is 0.0596. The minimum atomic E-state index is -1.30. The molecule has 0 bridgehead atoms. The van der Waals surface area contributed by atoms with E-state index in [2.05, 4.69) is 31.9 Å². The second-order valence-electron chi connectivity index (χ2n) is 4.29. The average molecular weight is 490 g/mol. The predicted molar refractivity (Wildman–Crippen MR) is 92.9 cm³/mol. The third kappa shape index (κ3) is 4.00. The van der Waals surface area contributed by atoms with Crippen molar-refractivity contribution in [3.63, 3.8) is 0 Å². The van der Waals surface area contributed by atoms with Crippen LogP contribution >= 0.6 is 31.9 Å². The molecular weight excluding hydrogens is 479 g/mol. The number of rotatable bonds is 5. The van der Waals surface area contributed by atoms with Gasteiger partial charge in [0.1, 0.15) is 0 Å². The summed E-state index contributed by atoms with van der Waals surface area (Å²) in [5.74, 6) is -0.440. The zero-order valence-electron chi connectivity index (χ0n) is 11.4. The van der Waals surface area contributed by atoms with Gasteiger partial charge in [0.15, 0.2) is 0 Å². The van der Waals surface area contributed by atoms with Gasteiger partial charge < -0.3 is 0 Å². The van der Waals surface area contributed by atoms with Crippen molar-refractivity contribution in [2.75, 3.05) is 7.11 Å². The van der Waals surface area contributed by atoms with E-state index in [0.29, 0.717) is 24.6 Å². The standard InChI is InChI=1S/C15H11AsBr2O4/c1-22-9-3-5-13(18)11(7-9)14(19)16-12-4-2-8(17)6-10(12)15(20)21/h2-7,16H,1H3,(H,20,21). The fraction of sp³-hybridized carbons (Fsp3) is 0.0667. The van der Waals surface area contributed by atoms with E-state index in [1.165, 1.54) is 13.2 Å². The molecule has 0 aromatic heterocycles. The van der Waals surface area contributed by atoms with Gasteiger partial charge in [-0.25, -0.2) is 0 Å². The van der Waals surface area contributed by atoms with Gasteiger partial charge in [-0.2, -0.15) is 0 Å². The van der Waals surface area contributed by atoms with Gasteiger partial charge in [0.2, 0.25) is 0 Å². The molecule has 2 aromatic rings. The van der Waals surface area contributed by atoms with E-state index in [9.17, 15) is 14.7 Å². The molecule has 0 spiro atoms. The summed E-state index contributed by atoms with van der Waals surface area (Å²) in [6.07, 6.45) is 0. The summed E-state index contributed by atoms with van der Waals surface area (Å²) in [7, 11) is 1.53. The van der Waals surface area contributed by atoms with Crippen LogP contribution in [-0.2, 0) is 0 Å². The Morgan fingerprint density at radius 2 is 1.82 bits per heavy atom. The van der Waals surface area contributed by atoms with Crippen molar-refractivity contribution < 1.29 is 19.4 Å². The second-order valence-corrected chi connectivity index (χ2v) is 8.67. The zero-order valence-corrected chi connectivity index (χ0v) is 16.7. The number of benzene rings is 2. The summed E-state index contributed by atoms with van der Waals surface area (Å²) in [6.45, 7) is 0. The van der Waals surface area contributed by atoms with Crippen molar-refractivity contribution in [1.29, 1.82) is 0 Å². The van der Waals surface area contributed by atoms with E-state index in [0.717, 1.165) is 0 Å². The number of carbonyl (C=O) groups is 2. The molecule has 114 valence electrons. The van der Waals surface area contributed by atoms with Crippen molar-refractivity contribution in [2.24, 2.45) is 0 Å². The number of carbonyl (C=O) groups excluding carboxylic acids is 1. The predicted octanol–water partition coefficient (Wildman–Crippen LogP) is 2.82. The molecule has 1 atom stereocenters. The first-order chi connectivity index (χ1) is 10.4. The number of hydrogen-bond donors (Lipinski definition) is 1. The van der Waals surface area contributed by atoms with Crippen molar-refractivity contribution in [3.05, 3.63) is 56.5 Å². The Hall–Kier alpha value is -1.10. The molecule has 4 nitrogen and oxygen atoms in total. The van der Waals surface area contributed by atoms with Crippen LogP contribution in [0.3, 0.4) is 0 Å². The SMILES string of the molecule is COc1ccc(Br)c(C(=O)[AsH]c2ccc(Br)cc2C(=O)O)c1. The molecule has 0 saturated carbocycles. The number of carboxylic acids is 1. The summed E-state index contributed by atoms with van der Waals surface area (Å²) in [5, 5.41) is 9.27. The Bertz CT molecular complexity index is 746. The molecule has 0 fully saturated rings. The fourth-order valence-corrected chi connectivity index (χ4v) is 5.21. The van der Waals surface area contributed by atoms with Crippen LogP contribution in [0, 0.1) is 0 Å². The van der Waals surface area contributed by atoms with E-state index in [1.807, 2.05) is 0 Å². The molecule has 0 radical (unpaired) electrons. The number of methoxy groups -OCH3 is 1. The number of aromatic carboxylic acids is 1. The summed E-state index contributed by atoms with van der Waals surface area (Å²) < 4.78 is 7.01. The molecule has 0 aliphatic heterocycles. The molecule has 22 heavy (non-hydrogen) atoms. The molecular formula is C15H11AsBr2O4. The summed E-state index contributed by atoms with van der Waals surface area (Å²) in [4.78, 5) is 23.8. The molecule has 7 heteroatoms. The summed E-state index contributed by atoms with van der Waals surface area (Å²) in [5.41, 5.74) is 0.681. The first-order valence-electron chi connectivity index (χ1n) is 6.10. The van der Waals surface area contributed by atoms with Gasteiger partial charge in [0.05, 0.1) is 0 Å². The Morgan fingerprint density at radius 1 is 1.09 bits per heavy atom. The van der Waals surface area contributed by atoms with E-state index < -0.39 is 21.7 Å². The summed E-state index contributed by atoms with van der Waals surface area (Å²) in [6, 6.07) is 10.1. The Labute approximate surface area is 150 Å². The first kappa shape index (κ1) is 17.3. The van der Waals surface area contributed by atoms with E-state index in [4.69, 9.17) is 4.74 Å². The topological polar surface area (TPSA) is 63.6 Å². The summed E-state index contributed by atoms with van der Waals surface area (Å²) >= 11 is 5.30. The van der Waals surface area contributed by atoms with Crippen molar-refractivity contribution in [1.82, 2.24) is 0 Å².